The van der Waals surface area contributed by atoms with Crippen molar-refractivity contribution in [3.05, 3.63) is 59.9 Å². The van der Waals surface area contributed by atoms with Crippen molar-refractivity contribution in [3.63, 3.8) is 0 Å². The first-order valence-electron chi connectivity index (χ1n) is 8.34. The number of carbonyl (C=O) groups is 2. The van der Waals surface area contributed by atoms with Gasteiger partial charge in [0.05, 0.1) is 5.69 Å². The van der Waals surface area contributed by atoms with Crippen LogP contribution in [0.2, 0.25) is 0 Å². The van der Waals surface area contributed by atoms with E-state index in [0.29, 0.717) is 13.0 Å². The number of benzene rings is 2. The standard InChI is InChI=1S/C19H21FN3O2P/c1-22-11-10-13(12-6-3-2-4-7-12)16(18(22)24)19(25)23(21)15-9-5-8-14(20)17(15)26/h2-9,13,16H,10-11,21,26H2,1H3. The average molecular weight is 373 g/mol. The minimum Gasteiger partial charge on any atom is -0.345 e. The molecule has 7 heteroatoms. The second-order valence-corrected chi connectivity index (χ2v) is 7.00. The number of likely N-dealkylation sites (tertiary alicyclic amines) is 1. The van der Waals surface area contributed by atoms with Gasteiger partial charge >= 0.3 is 0 Å². The smallest absolute Gasteiger partial charge is 0.254 e. The molecular formula is C19H21FN3O2P. The molecular weight excluding hydrogens is 352 g/mol. The zero-order valence-corrected chi connectivity index (χ0v) is 15.6. The predicted molar refractivity (Wildman–Crippen MR) is 102 cm³/mol. The summed E-state index contributed by atoms with van der Waals surface area (Å²) in [6.45, 7) is 0.571. The van der Waals surface area contributed by atoms with Crippen molar-refractivity contribution in [2.45, 2.75) is 12.3 Å². The van der Waals surface area contributed by atoms with Crippen LogP contribution in [-0.4, -0.2) is 30.3 Å². The number of hydrazine groups is 1. The Morgan fingerprint density at radius 3 is 2.62 bits per heavy atom. The summed E-state index contributed by atoms with van der Waals surface area (Å²) in [6, 6.07) is 13.8. The molecule has 0 aromatic heterocycles. The molecule has 1 saturated heterocycles. The summed E-state index contributed by atoms with van der Waals surface area (Å²) in [7, 11) is 3.92. The van der Waals surface area contributed by atoms with Crippen LogP contribution in [0.25, 0.3) is 0 Å². The van der Waals surface area contributed by atoms with E-state index >= 15 is 0 Å². The van der Waals surface area contributed by atoms with Gasteiger partial charge in [-0.2, -0.15) is 0 Å². The minimum absolute atomic E-state index is 0.191. The van der Waals surface area contributed by atoms with E-state index in [1.807, 2.05) is 30.3 Å². The van der Waals surface area contributed by atoms with Gasteiger partial charge in [-0.05, 0) is 24.1 Å². The summed E-state index contributed by atoms with van der Waals surface area (Å²) in [5.41, 5.74) is 1.15. The van der Waals surface area contributed by atoms with Crippen molar-refractivity contribution in [2.24, 2.45) is 11.8 Å². The first-order chi connectivity index (χ1) is 12.4. The van der Waals surface area contributed by atoms with Crippen LogP contribution in [-0.2, 0) is 9.59 Å². The largest absolute Gasteiger partial charge is 0.345 e. The van der Waals surface area contributed by atoms with Gasteiger partial charge in [0.1, 0.15) is 11.7 Å². The van der Waals surface area contributed by atoms with Gasteiger partial charge in [-0.25, -0.2) is 15.2 Å². The van der Waals surface area contributed by atoms with Crippen LogP contribution < -0.4 is 16.2 Å². The lowest BCUT2D eigenvalue weighted by atomic mass is 9.79. The number of hydrogen-bond donors (Lipinski definition) is 1. The molecule has 2 N–H and O–H groups in total. The Morgan fingerprint density at radius 2 is 1.92 bits per heavy atom. The highest BCUT2D eigenvalue weighted by atomic mass is 31.0. The van der Waals surface area contributed by atoms with Crippen LogP contribution in [0, 0.1) is 11.7 Å². The second-order valence-electron chi connectivity index (χ2n) is 6.42. The molecule has 2 aromatic carbocycles. The average Bonchev–Trinajstić information content (AvgIpc) is 2.65. The van der Waals surface area contributed by atoms with Gasteiger partial charge in [-0.15, -0.1) is 9.24 Å². The maximum atomic E-state index is 13.8. The highest BCUT2D eigenvalue weighted by Crippen LogP contribution is 2.35. The molecule has 2 amide bonds. The van der Waals surface area contributed by atoms with Crippen LogP contribution >= 0.6 is 9.24 Å². The number of carbonyl (C=O) groups excluding carboxylic acids is 2. The lowest BCUT2D eigenvalue weighted by Gasteiger charge is -2.37. The Balaban J connectivity index is 1.97. The van der Waals surface area contributed by atoms with Crippen molar-refractivity contribution >= 4 is 32.0 Å². The Kier molecular flexibility index (Phi) is 5.35. The molecule has 0 aliphatic carbocycles. The van der Waals surface area contributed by atoms with Gasteiger partial charge in [0.15, 0.2) is 0 Å². The summed E-state index contributed by atoms with van der Waals surface area (Å²) in [6.07, 6.45) is 0.660. The fourth-order valence-corrected chi connectivity index (χ4v) is 3.69. The van der Waals surface area contributed by atoms with Crippen LogP contribution in [0.4, 0.5) is 10.1 Å². The second kappa shape index (κ2) is 7.52. The first-order valence-corrected chi connectivity index (χ1v) is 8.92. The van der Waals surface area contributed by atoms with E-state index in [1.54, 1.807) is 18.0 Å². The molecule has 1 aliphatic rings. The summed E-state index contributed by atoms with van der Waals surface area (Å²) >= 11 is 0. The molecule has 0 saturated carbocycles. The van der Waals surface area contributed by atoms with Crippen LogP contribution in [0.5, 0.6) is 0 Å². The summed E-state index contributed by atoms with van der Waals surface area (Å²) in [5, 5.41) is 1.08. The third-order valence-corrected chi connectivity index (χ3v) is 5.41. The van der Waals surface area contributed by atoms with E-state index in [2.05, 4.69) is 9.24 Å². The topological polar surface area (TPSA) is 66.6 Å². The zero-order chi connectivity index (χ0) is 18.8. The monoisotopic (exact) mass is 373 g/mol. The Labute approximate surface area is 154 Å². The van der Waals surface area contributed by atoms with E-state index < -0.39 is 17.6 Å². The molecule has 2 aromatic rings. The number of nitrogens with two attached hydrogens (primary N) is 1. The molecule has 1 heterocycles. The summed E-state index contributed by atoms with van der Waals surface area (Å²) < 4.78 is 13.8. The predicted octanol–water partition coefficient (Wildman–Crippen LogP) is 1.79. The fourth-order valence-electron chi connectivity index (χ4n) is 3.36. The number of halogens is 1. The van der Waals surface area contributed by atoms with Crippen molar-refractivity contribution in [3.8, 4) is 0 Å². The van der Waals surface area contributed by atoms with Crippen molar-refractivity contribution < 1.29 is 14.0 Å². The van der Waals surface area contributed by atoms with Gasteiger partial charge in [0.2, 0.25) is 5.91 Å². The fraction of sp³-hybridized carbons (Fsp3) is 0.263. The van der Waals surface area contributed by atoms with E-state index in [0.717, 1.165) is 10.6 Å². The Bertz CT molecular complexity index is 831. The number of amides is 2. The van der Waals surface area contributed by atoms with E-state index in [9.17, 15) is 14.0 Å². The zero-order valence-electron chi connectivity index (χ0n) is 14.4. The normalized spacial score (nSPS) is 20.2. The molecule has 0 spiro atoms. The lowest BCUT2D eigenvalue weighted by Crippen LogP contribution is -2.53. The van der Waals surface area contributed by atoms with Crippen molar-refractivity contribution in [1.29, 1.82) is 0 Å². The van der Waals surface area contributed by atoms with E-state index in [4.69, 9.17) is 5.84 Å². The lowest BCUT2D eigenvalue weighted by molar-refractivity contribution is -0.144. The maximum absolute atomic E-state index is 13.8. The van der Waals surface area contributed by atoms with Gasteiger partial charge in [-0.1, -0.05) is 36.4 Å². The molecule has 3 atom stereocenters. The number of anilines is 1. The molecule has 3 rings (SSSR count). The van der Waals surface area contributed by atoms with Crippen molar-refractivity contribution in [1.82, 2.24) is 4.90 Å². The van der Waals surface area contributed by atoms with Gasteiger partial charge in [-0.3, -0.25) is 9.59 Å². The van der Waals surface area contributed by atoms with Crippen molar-refractivity contribution in [2.75, 3.05) is 18.6 Å². The van der Waals surface area contributed by atoms with E-state index in [1.165, 1.54) is 12.1 Å². The molecule has 0 bridgehead atoms. The van der Waals surface area contributed by atoms with Crippen LogP contribution in [0.1, 0.15) is 17.9 Å². The summed E-state index contributed by atoms with van der Waals surface area (Å²) in [4.78, 5) is 27.4. The van der Waals surface area contributed by atoms with Crippen LogP contribution in [0.3, 0.4) is 0 Å². The third kappa shape index (κ3) is 3.35. The molecule has 136 valence electrons. The number of rotatable bonds is 3. The maximum Gasteiger partial charge on any atom is 0.254 e. The van der Waals surface area contributed by atoms with Gasteiger partial charge in [0.25, 0.3) is 5.91 Å². The molecule has 0 radical (unpaired) electrons. The third-order valence-electron chi connectivity index (χ3n) is 4.84. The van der Waals surface area contributed by atoms with Crippen LogP contribution in [0.15, 0.2) is 48.5 Å². The van der Waals surface area contributed by atoms with Gasteiger partial charge in [0, 0.05) is 24.8 Å². The highest BCUT2D eigenvalue weighted by Gasteiger charge is 2.43. The number of nitrogens with zero attached hydrogens (tertiary/aromatic N) is 2. The Hall–Kier alpha value is -2.30. The molecule has 1 aliphatic heterocycles. The summed E-state index contributed by atoms with van der Waals surface area (Å²) in [5.74, 6) is 3.53. The minimum atomic E-state index is -0.936. The first kappa shape index (κ1) is 18.5. The Morgan fingerprint density at radius 1 is 1.23 bits per heavy atom. The number of hydrogen-bond acceptors (Lipinski definition) is 3. The molecule has 26 heavy (non-hydrogen) atoms. The molecule has 1 fully saturated rings. The quantitative estimate of drug-likeness (QED) is 0.293. The molecule has 3 unspecified atom stereocenters. The van der Waals surface area contributed by atoms with Gasteiger partial charge < -0.3 is 4.90 Å². The SMILES string of the molecule is CN1CCC(c2ccccc2)C(C(=O)N(N)c2cccc(F)c2P)C1=O. The molecule has 5 nitrogen and oxygen atoms in total. The van der Waals surface area contributed by atoms with E-state index in [-0.39, 0.29) is 22.8 Å². The highest BCUT2D eigenvalue weighted by molar-refractivity contribution is 7.28. The number of piperidine rings is 1.